The molecule has 0 aliphatic heterocycles. The first-order valence-corrected chi connectivity index (χ1v) is 18.5. The van der Waals surface area contributed by atoms with E-state index in [1.165, 1.54) is 199 Å². The summed E-state index contributed by atoms with van der Waals surface area (Å²) in [5.41, 5.74) is 5.63. The molecule has 2 unspecified atom stereocenters. The third kappa shape index (κ3) is 27.5. The minimum absolute atomic E-state index is 0.874. The van der Waals surface area contributed by atoms with E-state index >= 15 is 0 Å². The van der Waals surface area contributed by atoms with Crippen molar-refractivity contribution in [1.82, 2.24) is 0 Å². The van der Waals surface area contributed by atoms with Crippen LogP contribution in [0, 0.1) is 11.8 Å². The third-order valence-electron chi connectivity index (χ3n) is 9.23. The molecule has 0 aliphatic rings. The molecule has 2 atom stereocenters. The molecule has 0 aromatic carbocycles. The molecule has 0 fully saturated rings. The summed E-state index contributed by atoms with van der Waals surface area (Å²) >= 11 is 0. The highest BCUT2D eigenvalue weighted by Gasteiger charge is 2.20. The Morgan fingerprint density at radius 3 is 0.763 bits per heavy atom. The predicted molar refractivity (Wildman–Crippen MR) is 176 cm³/mol. The van der Waals surface area contributed by atoms with E-state index in [0.717, 1.165) is 18.4 Å². The topological polar surface area (TPSA) is 26.0 Å². The standard InChI is InChI=1S/C37H77N/c1-4-7-10-13-15-19-23-28-34-37(32-27-22-14-11-8-5-2)36(31-26-12-9-6-3)33-29-24-20-17-16-18-21-25-30-35-38/h36-37H,4-35,38H2,1-3H3. The van der Waals surface area contributed by atoms with Crippen LogP contribution < -0.4 is 5.73 Å². The second kappa shape index (κ2) is 33.2. The maximum atomic E-state index is 5.63. The third-order valence-corrected chi connectivity index (χ3v) is 9.23. The maximum Gasteiger partial charge on any atom is -0.00773 e. The molecule has 38 heavy (non-hydrogen) atoms. The first-order valence-electron chi connectivity index (χ1n) is 18.5. The van der Waals surface area contributed by atoms with Crippen molar-refractivity contribution in [2.75, 3.05) is 6.54 Å². The smallest absolute Gasteiger partial charge is 0.00773 e. The summed E-state index contributed by atoms with van der Waals surface area (Å²) in [6.45, 7) is 7.90. The normalized spacial score (nSPS) is 13.3. The Hall–Kier alpha value is -0.0400. The number of rotatable bonds is 33. The monoisotopic (exact) mass is 536 g/mol. The van der Waals surface area contributed by atoms with Crippen LogP contribution >= 0.6 is 0 Å². The zero-order valence-corrected chi connectivity index (χ0v) is 27.4. The Balaban J connectivity index is 4.55. The molecule has 1 nitrogen and oxygen atoms in total. The van der Waals surface area contributed by atoms with E-state index in [9.17, 15) is 0 Å². The number of unbranched alkanes of at least 4 members (excludes halogenated alkanes) is 23. The van der Waals surface area contributed by atoms with Crippen molar-refractivity contribution in [1.29, 1.82) is 0 Å². The van der Waals surface area contributed by atoms with Crippen LogP contribution in [0.15, 0.2) is 0 Å². The van der Waals surface area contributed by atoms with E-state index in [1.54, 1.807) is 0 Å². The van der Waals surface area contributed by atoms with Gasteiger partial charge in [0, 0.05) is 0 Å². The summed E-state index contributed by atoms with van der Waals surface area (Å²) in [7, 11) is 0. The highest BCUT2D eigenvalue weighted by atomic mass is 14.5. The van der Waals surface area contributed by atoms with Crippen LogP contribution in [0.5, 0.6) is 0 Å². The average molecular weight is 536 g/mol. The first-order chi connectivity index (χ1) is 18.8. The highest BCUT2D eigenvalue weighted by molar-refractivity contribution is 4.72. The van der Waals surface area contributed by atoms with Gasteiger partial charge >= 0.3 is 0 Å². The number of nitrogens with two attached hydrogens (primary N) is 1. The van der Waals surface area contributed by atoms with E-state index in [2.05, 4.69) is 20.8 Å². The van der Waals surface area contributed by atoms with Gasteiger partial charge < -0.3 is 5.73 Å². The molecule has 0 radical (unpaired) electrons. The molecule has 0 spiro atoms. The molecule has 0 aromatic heterocycles. The highest BCUT2D eigenvalue weighted by Crippen LogP contribution is 2.33. The van der Waals surface area contributed by atoms with E-state index in [4.69, 9.17) is 5.73 Å². The van der Waals surface area contributed by atoms with Crippen molar-refractivity contribution in [3.8, 4) is 0 Å². The second-order valence-electron chi connectivity index (χ2n) is 12.9. The molecular weight excluding hydrogens is 458 g/mol. The minimum atomic E-state index is 0.874. The van der Waals surface area contributed by atoms with Crippen LogP contribution in [0.1, 0.15) is 220 Å². The Morgan fingerprint density at radius 2 is 0.500 bits per heavy atom. The van der Waals surface area contributed by atoms with Gasteiger partial charge in [-0.2, -0.15) is 0 Å². The maximum absolute atomic E-state index is 5.63. The Labute approximate surface area is 243 Å². The lowest BCUT2D eigenvalue weighted by Gasteiger charge is -2.28. The fourth-order valence-electron chi connectivity index (χ4n) is 6.58. The second-order valence-corrected chi connectivity index (χ2v) is 12.9. The molecule has 0 saturated heterocycles. The van der Waals surface area contributed by atoms with Crippen LogP contribution in [0.4, 0.5) is 0 Å². The Morgan fingerprint density at radius 1 is 0.289 bits per heavy atom. The Bertz CT molecular complexity index is 406. The lowest BCUT2D eigenvalue weighted by atomic mass is 9.78. The number of hydrogen-bond donors (Lipinski definition) is 1. The molecule has 0 aliphatic carbocycles. The lowest BCUT2D eigenvalue weighted by molar-refractivity contribution is 0.236. The summed E-state index contributed by atoms with van der Waals surface area (Å²) in [4.78, 5) is 0. The minimum Gasteiger partial charge on any atom is -0.330 e. The predicted octanol–water partition coefficient (Wildman–Crippen LogP) is 13.3. The molecule has 1 heteroatoms. The van der Waals surface area contributed by atoms with Crippen molar-refractivity contribution in [3.05, 3.63) is 0 Å². The van der Waals surface area contributed by atoms with Crippen LogP contribution in [0.25, 0.3) is 0 Å². The molecule has 0 bridgehead atoms. The largest absolute Gasteiger partial charge is 0.330 e. The van der Waals surface area contributed by atoms with Gasteiger partial charge in [-0.05, 0) is 24.8 Å². The van der Waals surface area contributed by atoms with Crippen LogP contribution in [0.3, 0.4) is 0 Å². The van der Waals surface area contributed by atoms with Gasteiger partial charge in [0.15, 0.2) is 0 Å². The quantitative estimate of drug-likeness (QED) is 0.0830. The van der Waals surface area contributed by atoms with Crippen molar-refractivity contribution in [2.45, 2.75) is 220 Å². The van der Waals surface area contributed by atoms with Crippen LogP contribution in [-0.2, 0) is 0 Å². The fraction of sp³-hybridized carbons (Fsp3) is 1.00. The van der Waals surface area contributed by atoms with E-state index in [-0.39, 0.29) is 0 Å². The summed E-state index contributed by atoms with van der Waals surface area (Å²) in [5.74, 6) is 2.04. The zero-order valence-electron chi connectivity index (χ0n) is 27.4. The molecule has 230 valence electrons. The Kier molecular flexibility index (Phi) is 33.1. The molecular formula is C37H77N. The number of hydrogen-bond acceptors (Lipinski definition) is 1. The molecule has 2 N–H and O–H groups in total. The zero-order chi connectivity index (χ0) is 27.8. The van der Waals surface area contributed by atoms with Crippen molar-refractivity contribution in [2.24, 2.45) is 17.6 Å². The van der Waals surface area contributed by atoms with Crippen molar-refractivity contribution in [3.63, 3.8) is 0 Å². The van der Waals surface area contributed by atoms with Crippen LogP contribution in [0.2, 0.25) is 0 Å². The van der Waals surface area contributed by atoms with E-state index < -0.39 is 0 Å². The van der Waals surface area contributed by atoms with Gasteiger partial charge in [0.05, 0.1) is 0 Å². The fourth-order valence-corrected chi connectivity index (χ4v) is 6.58. The molecule has 0 aromatic rings. The van der Waals surface area contributed by atoms with Gasteiger partial charge in [0.1, 0.15) is 0 Å². The van der Waals surface area contributed by atoms with Crippen LogP contribution in [-0.4, -0.2) is 6.54 Å². The van der Waals surface area contributed by atoms with E-state index in [1.807, 2.05) is 0 Å². The molecule has 0 amide bonds. The van der Waals surface area contributed by atoms with Gasteiger partial charge in [-0.25, -0.2) is 0 Å². The SMILES string of the molecule is CCCCCCCCCCC(CCCCCCCC)C(CCCCCC)CCCCCCCCCCCN. The average Bonchev–Trinajstić information content (AvgIpc) is 2.93. The summed E-state index contributed by atoms with van der Waals surface area (Å²) in [5, 5.41) is 0. The lowest BCUT2D eigenvalue weighted by Crippen LogP contribution is -2.16. The summed E-state index contributed by atoms with van der Waals surface area (Å²) in [6, 6.07) is 0. The first kappa shape index (κ1) is 38.0. The van der Waals surface area contributed by atoms with Gasteiger partial charge in [0.25, 0.3) is 0 Å². The van der Waals surface area contributed by atoms with Gasteiger partial charge in [0.2, 0.25) is 0 Å². The van der Waals surface area contributed by atoms with Gasteiger partial charge in [-0.3, -0.25) is 0 Å². The van der Waals surface area contributed by atoms with E-state index in [0.29, 0.717) is 0 Å². The van der Waals surface area contributed by atoms with Crippen molar-refractivity contribution >= 4 is 0 Å². The molecule has 0 heterocycles. The van der Waals surface area contributed by atoms with Gasteiger partial charge in [-0.15, -0.1) is 0 Å². The van der Waals surface area contributed by atoms with Gasteiger partial charge in [-0.1, -0.05) is 213 Å². The summed E-state index contributed by atoms with van der Waals surface area (Å²) < 4.78 is 0. The molecule has 0 rings (SSSR count). The molecule has 0 saturated carbocycles. The summed E-state index contributed by atoms with van der Waals surface area (Å²) in [6.07, 6.45) is 45.1. The van der Waals surface area contributed by atoms with Crippen molar-refractivity contribution < 1.29 is 0 Å².